The van der Waals surface area contributed by atoms with Gasteiger partial charge >= 0.3 is 0 Å². The minimum absolute atomic E-state index is 0.321. The molecule has 4 atom stereocenters. The topological polar surface area (TPSA) is 0 Å². The van der Waals surface area contributed by atoms with Crippen molar-refractivity contribution >= 4 is 82.2 Å². The molecule has 2 aliphatic heterocycles. The second-order valence-electron chi connectivity index (χ2n) is 19.7. The Morgan fingerprint density at radius 3 is 0.984 bits per heavy atom. The summed E-state index contributed by atoms with van der Waals surface area (Å²) in [6.07, 6.45) is 18.5. The van der Waals surface area contributed by atoms with Gasteiger partial charge in [-0.2, -0.15) is 0 Å². The molecule has 0 N–H and O–H groups in total. The molecule has 6 heterocycles. The van der Waals surface area contributed by atoms with E-state index in [0.717, 1.165) is 85.3 Å². The highest BCUT2D eigenvalue weighted by Gasteiger charge is 2.51. The van der Waals surface area contributed by atoms with E-state index in [-0.39, 0.29) is 0 Å². The lowest BCUT2D eigenvalue weighted by molar-refractivity contribution is 0.463. The number of thiophene rings is 4. The molecule has 2 aliphatic rings. The van der Waals surface area contributed by atoms with Crippen molar-refractivity contribution in [3.05, 3.63) is 58.3 Å². The Hall–Kier alpha value is -1.83. The third kappa shape index (κ3) is 9.34. The molecule has 0 saturated carbocycles. The lowest BCUT2D eigenvalue weighted by atomic mass is 10.0. The fourth-order valence-corrected chi connectivity index (χ4v) is 32.4. The van der Waals surface area contributed by atoms with E-state index >= 15 is 17.6 Å². The van der Waals surface area contributed by atoms with Crippen LogP contribution in [0.2, 0.25) is 24.2 Å². The second-order valence-corrected chi connectivity index (χ2v) is 31.7. The van der Waals surface area contributed by atoms with Crippen LogP contribution in [0, 0.1) is 46.9 Å². The van der Waals surface area contributed by atoms with Crippen LogP contribution in [0.5, 0.6) is 0 Å². The second kappa shape index (κ2) is 22.1. The normalized spacial score (nSPS) is 19.4. The van der Waals surface area contributed by atoms with Crippen LogP contribution in [0.1, 0.15) is 158 Å². The zero-order valence-electron chi connectivity index (χ0n) is 40.1. The number of fused-ring (bicyclic) bond motifs is 6. The van der Waals surface area contributed by atoms with E-state index in [4.69, 9.17) is 0 Å². The summed E-state index contributed by atoms with van der Waals surface area (Å²) in [5, 5.41) is 9.85. The van der Waals surface area contributed by atoms with Gasteiger partial charge in [-0.05, 0) is 91.5 Å². The fraction of sp³-hybridized carbons (Fsp3) is 0.593. The third-order valence-corrected chi connectivity index (χ3v) is 31.8. The SMILES string of the molecule is CCCCC(CC)C[Si]1(CC(CC)CCCC)c2ccsc2-c2sc(-c3c(F)c(F)c(-c4cc5c(s4)-c4sccc4[Si]5(CC(CC)CCCC)CC(CC)CCCC)c(F)c3F)cc21. The van der Waals surface area contributed by atoms with Gasteiger partial charge in [0.05, 0.1) is 11.1 Å². The molecule has 0 radical (unpaired) electrons. The van der Waals surface area contributed by atoms with Crippen LogP contribution >= 0.6 is 45.3 Å². The highest BCUT2D eigenvalue weighted by Crippen LogP contribution is 2.51. The molecule has 350 valence electrons. The van der Waals surface area contributed by atoms with Crippen LogP contribution < -0.4 is 20.7 Å². The highest BCUT2D eigenvalue weighted by atomic mass is 32.1. The first-order valence-corrected chi connectivity index (χ1v) is 33.5. The molecule has 0 bridgehead atoms. The molecule has 0 nitrogen and oxygen atoms in total. The molecule has 5 aromatic rings. The number of halogens is 4. The van der Waals surface area contributed by atoms with E-state index < -0.39 is 50.5 Å². The summed E-state index contributed by atoms with van der Waals surface area (Å²) in [7, 11) is -4.83. The molecule has 0 saturated heterocycles. The molecular formula is C54H74F4S4Si2. The van der Waals surface area contributed by atoms with Crippen molar-refractivity contribution in [1.82, 2.24) is 0 Å². The average molecular weight is 984 g/mol. The zero-order valence-corrected chi connectivity index (χ0v) is 45.3. The molecule has 1 aromatic carbocycles. The molecule has 10 heteroatoms. The maximum atomic E-state index is 17.0. The summed E-state index contributed by atoms with van der Waals surface area (Å²) in [4.78, 5) is 5.26. The first-order chi connectivity index (χ1) is 31.0. The lowest BCUT2D eigenvalue weighted by Crippen LogP contribution is -2.56. The first kappa shape index (κ1) is 50.1. The Bertz CT molecular complexity index is 2090. The number of unbranched alkanes of at least 4 members (excludes halogenated alkanes) is 4. The predicted molar refractivity (Wildman–Crippen MR) is 282 cm³/mol. The Kier molecular flexibility index (Phi) is 17.3. The van der Waals surface area contributed by atoms with Crippen LogP contribution in [-0.2, 0) is 0 Å². The fourth-order valence-electron chi connectivity index (χ4n) is 11.9. The quantitative estimate of drug-likeness (QED) is 0.0294. The summed E-state index contributed by atoms with van der Waals surface area (Å²) in [5.74, 6) is -2.80. The van der Waals surface area contributed by atoms with Gasteiger partial charge in [0.25, 0.3) is 0 Å². The van der Waals surface area contributed by atoms with Crippen LogP contribution in [-0.4, -0.2) is 16.1 Å². The van der Waals surface area contributed by atoms with E-state index in [0.29, 0.717) is 33.4 Å². The maximum absolute atomic E-state index is 17.0. The van der Waals surface area contributed by atoms with E-state index in [1.807, 2.05) is 12.1 Å². The van der Waals surface area contributed by atoms with Gasteiger partial charge in [0, 0.05) is 29.3 Å². The molecule has 4 aromatic heterocycles. The Balaban J connectivity index is 1.34. The van der Waals surface area contributed by atoms with Crippen LogP contribution in [0.25, 0.3) is 40.4 Å². The third-order valence-electron chi connectivity index (χ3n) is 15.7. The minimum Gasteiger partial charge on any atom is -0.203 e. The smallest absolute Gasteiger partial charge is 0.171 e. The summed E-state index contributed by atoms with van der Waals surface area (Å²) in [6, 6.07) is 13.2. The molecule has 0 amide bonds. The monoisotopic (exact) mass is 982 g/mol. The van der Waals surface area contributed by atoms with Gasteiger partial charge in [-0.15, -0.1) is 45.3 Å². The van der Waals surface area contributed by atoms with Crippen LogP contribution in [0.15, 0.2) is 35.0 Å². The number of benzene rings is 1. The molecular weight excluding hydrogens is 909 g/mol. The maximum Gasteiger partial charge on any atom is 0.171 e. The van der Waals surface area contributed by atoms with Gasteiger partial charge in [0.1, 0.15) is 16.1 Å². The number of hydrogen-bond donors (Lipinski definition) is 0. The first-order valence-electron chi connectivity index (χ1n) is 25.3. The van der Waals surface area contributed by atoms with E-state index in [2.05, 4.69) is 78.3 Å². The van der Waals surface area contributed by atoms with Crippen molar-refractivity contribution < 1.29 is 17.6 Å². The van der Waals surface area contributed by atoms with Gasteiger partial charge in [0.2, 0.25) is 0 Å². The van der Waals surface area contributed by atoms with Gasteiger partial charge < -0.3 is 0 Å². The van der Waals surface area contributed by atoms with Crippen molar-refractivity contribution in [3.63, 3.8) is 0 Å². The Morgan fingerprint density at radius 1 is 0.422 bits per heavy atom. The van der Waals surface area contributed by atoms with Crippen LogP contribution in [0.3, 0.4) is 0 Å². The van der Waals surface area contributed by atoms with Gasteiger partial charge in [0.15, 0.2) is 23.3 Å². The zero-order chi connectivity index (χ0) is 45.8. The Morgan fingerprint density at radius 2 is 0.719 bits per heavy atom. The summed E-state index contributed by atoms with van der Waals surface area (Å²) >= 11 is 6.16. The largest absolute Gasteiger partial charge is 0.203 e. The van der Waals surface area contributed by atoms with Gasteiger partial charge in [-0.25, -0.2) is 17.6 Å². The van der Waals surface area contributed by atoms with Crippen molar-refractivity contribution in [2.75, 3.05) is 0 Å². The van der Waals surface area contributed by atoms with Gasteiger partial charge in [-0.1, -0.05) is 170 Å². The molecule has 7 rings (SSSR count). The van der Waals surface area contributed by atoms with Crippen molar-refractivity contribution in [2.24, 2.45) is 23.7 Å². The lowest BCUT2D eigenvalue weighted by Gasteiger charge is -2.35. The molecule has 64 heavy (non-hydrogen) atoms. The molecule has 0 spiro atoms. The standard InChI is InChI=1S/C54H74F4S4Si2/c1-9-17-21-35(13-5)31-63(32-36(14-6)22-18-10-2)41-25-27-59-51(41)53-43(63)29-39(61-53)45-47(55)49(57)46(50(58)48(45)56)40-30-44-54(62-40)52-42(26-28-60-52)64(44,33-37(15-7)23-19-11-3)34-38(16-8)24-20-12-4/h25-30,35-38H,9-24,31-34H2,1-8H3. The predicted octanol–water partition coefficient (Wildman–Crippen LogP) is 17.8. The average Bonchev–Trinajstić information content (AvgIpc) is 4.17. The summed E-state index contributed by atoms with van der Waals surface area (Å²) in [6.45, 7) is 18.3. The van der Waals surface area contributed by atoms with E-state index in [1.54, 1.807) is 22.7 Å². The molecule has 0 aliphatic carbocycles. The molecule has 0 fully saturated rings. The van der Waals surface area contributed by atoms with E-state index in [1.165, 1.54) is 105 Å². The van der Waals surface area contributed by atoms with E-state index in [9.17, 15) is 0 Å². The van der Waals surface area contributed by atoms with Crippen molar-refractivity contribution in [3.8, 4) is 40.4 Å². The molecule has 4 unspecified atom stereocenters. The van der Waals surface area contributed by atoms with Gasteiger partial charge in [-0.3, -0.25) is 0 Å². The Labute approximate surface area is 401 Å². The van der Waals surface area contributed by atoms with Crippen molar-refractivity contribution in [2.45, 2.75) is 182 Å². The number of rotatable bonds is 26. The minimum atomic E-state index is -2.42. The van der Waals surface area contributed by atoms with Crippen molar-refractivity contribution in [1.29, 1.82) is 0 Å². The summed E-state index contributed by atoms with van der Waals surface area (Å²) < 4.78 is 68.2. The van der Waals surface area contributed by atoms with Crippen LogP contribution in [0.4, 0.5) is 17.6 Å². The summed E-state index contributed by atoms with van der Waals surface area (Å²) in [5.41, 5.74) is -1.07. The highest BCUT2D eigenvalue weighted by molar-refractivity contribution is 7.31. The number of hydrogen-bond acceptors (Lipinski definition) is 4.